The van der Waals surface area contributed by atoms with Gasteiger partial charge in [0.1, 0.15) is 17.2 Å². The number of ether oxygens (including phenoxy) is 1. The lowest BCUT2D eigenvalue weighted by molar-refractivity contribution is -0.487. The Hall–Kier alpha value is -4.02. The van der Waals surface area contributed by atoms with Gasteiger partial charge in [0.25, 0.3) is 11.8 Å². The normalized spacial score (nSPS) is 13.5. The van der Waals surface area contributed by atoms with Gasteiger partial charge in [0.2, 0.25) is 0 Å². The van der Waals surface area contributed by atoms with Gasteiger partial charge in [0.05, 0.1) is 18.8 Å². The molecule has 0 saturated carbocycles. The second kappa shape index (κ2) is 9.63. The van der Waals surface area contributed by atoms with Crippen LogP contribution in [0.3, 0.4) is 0 Å². The highest BCUT2D eigenvalue weighted by Crippen LogP contribution is 2.21. The Morgan fingerprint density at radius 1 is 1.09 bits per heavy atom. The summed E-state index contributed by atoms with van der Waals surface area (Å²) in [4.78, 5) is 34.7. The predicted molar refractivity (Wildman–Crippen MR) is 118 cm³/mol. The first-order valence-electron chi connectivity index (χ1n) is 10.3. The highest BCUT2D eigenvalue weighted by Gasteiger charge is 2.23. The lowest BCUT2D eigenvalue weighted by atomic mass is 10.0. The topological polar surface area (TPSA) is 139 Å². The van der Waals surface area contributed by atoms with Crippen molar-refractivity contribution in [3.63, 3.8) is 0 Å². The third kappa shape index (κ3) is 4.92. The number of amides is 2. The number of carbonyl (C=O) groups excluding carboxylic acids is 2. The number of nitrogens with zero attached hydrogens (tertiary/aromatic N) is 3. The highest BCUT2D eigenvalue weighted by atomic mass is 19.1. The maximum Gasteiger partial charge on any atom is 0.330 e. The van der Waals surface area contributed by atoms with E-state index in [0.717, 1.165) is 0 Å². The summed E-state index contributed by atoms with van der Waals surface area (Å²) in [5.74, 6) is -1.19. The maximum atomic E-state index is 14.0. The number of carbonyl (C=O) groups is 2. The Kier molecular flexibility index (Phi) is 6.48. The number of hydrogen-bond acceptors (Lipinski definition) is 6. The van der Waals surface area contributed by atoms with Crippen LogP contribution in [0.2, 0.25) is 0 Å². The molecule has 9 nitrogen and oxygen atoms in total. The molecule has 1 aliphatic rings. The largest absolute Gasteiger partial charge is 0.378 e. The second-order valence-electron chi connectivity index (χ2n) is 7.40. The van der Waals surface area contributed by atoms with Gasteiger partial charge in [0.15, 0.2) is 0 Å². The molecule has 1 aromatic heterocycles. The molecule has 1 saturated heterocycles. The second-order valence-corrected chi connectivity index (χ2v) is 7.40. The van der Waals surface area contributed by atoms with Crippen molar-refractivity contribution < 1.29 is 24.0 Å². The molecule has 2 heterocycles. The molecule has 1 fully saturated rings. The molecule has 3 aromatic rings. The molecule has 2 amide bonds. The molecule has 33 heavy (non-hydrogen) atoms. The van der Waals surface area contributed by atoms with Crippen LogP contribution in [0.15, 0.2) is 54.9 Å². The summed E-state index contributed by atoms with van der Waals surface area (Å²) in [6.45, 7) is 1.91. The van der Waals surface area contributed by atoms with Crippen molar-refractivity contribution in [2.24, 2.45) is 5.73 Å². The highest BCUT2D eigenvalue weighted by molar-refractivity contribution is 6.44. The molecule has 168 valence electrons. The predicted octanol–water partition coefficient (Wildman–Crippen LogP) is 1.13. The van der Waals surface area contributed by atoms with E-state index in [1.54, 1.807) is 40.5 Å². The van der Waals surface area contributed by atoms with E-state index in [4.69, 9.17) is 15.9 Å². The average Bonchev–Trinajstić information content (AvgIpc) is 2.84. The minimum Gasteiger partial charge on any atom is -0.378 e. The number of halogens is 1. The third-order valence-corrected chi connectivity index (χ3v) is 5.25. The zero-order chi connectivity index (χ0) is 23.4. The SMILES string of the molecule is N=C(C(N)=O)c1ccc(C(=O)N2CCOCC2)cc1[NH2+]c1ncc(-c2ccccc2F)cn1. The molecule has 0 bridgehead atoms. The smallest absolute Gasteiger partial charge is 0.330 e. The van der Waals surface area contributed by atoms with Crippen LogP contribution in [0.5, 0.6) is 0 Å². The molecule has 1 aliphatic heterocycles. The number of aromatic nitrogens is 2. The van der Waals surface area contributed by atoms with Crippen molar-refractivity contribution in [3.05, 3.63) is 71.8 Å². The third-order valence-electron chi connectivity index (χ3n) is 5.25. The van der Waals surface area contributed by atoms with Crippen LogP contribution in [0.1, 0.15) is 15.9 Å². The number of nitrogens with one attached hydrogen (secondary N) is 1. The Labute approximate surface area is 188 Å². The first-order chi connectivity index (χ1) is 15.9. The van der Waals surface area contributed by atoms with Crippen molar-refractivity contribution in [1.82, 2.24) is 14.9 Å². The summed E-state index contributed by atoms with van der Waals surface area (Å²) < 4.78 is 19.3. The summed E-state index contributed by atoms with van der Waals surface area (Å²) >= 11 is 0. The van der Waals surface area contributed by atoms with Crippen molar-refractivity contribution in [2.75, 3.05) is 26.3 Å². The molecule has 10 heteroatoms. The summed E-state index contributed by atoms with van der Waals surface area (Å²) in [7, 11) is 0. The number of quaternary nitrogens is 1. The molecule has 5 N–H and O–H groups in total. The molecule has 0 atom stereocenters. The quantitative estimate of drug-likeness (QED) is 0.383. The minimum atomic E-state index is -0.896. The van der Waals surface area contributed by atoms with Gasteiger partial charge in [-0.3, -0.25) is 15.0 Å². The van der Waals surface area contributed by atoms with E-state index in [-0.39, 0.29) is 23.2 Å². The van der Waals surface area contributed by atoms with E-state index in [1.807, 2.05) is 0 Å². The van der Waals surface area contributed by atoms with Crippen LogP contribution in [-0.4, -0.2) is 58.7 Å². The van der Waals surface area contributed by atoms with Crippen molar-refractivity contribution in [3.8, 4) is 11.1 Å². The Morgan fingerprint density at radius 2 is 1.79 bits per heavy atom. The van der Waals surface area contributed by atoms with Crippen molar-refractivity contribution in [2.45, 2.75) is 0 Å². The summed E-state index contributed by atoms with van der Waals surface area (Å²) in [5.41, 5.74) is 6.84. The van der Waals surface area contributed by atoms with E-state index in [9.17, 15) is 14.0 Å². The van der Waals surface area contributed by atoms with Crippen LogP contribution in [0, 0.1) is 11.2 Å². The molecule has 0 spiro atoms. The molecule has 0 unspecified atom stereocenters. The fourth-order valence-corrected chi connectivity index (χ4v) is 3.51. The first kappa shape index (κ1) is 22.2. The van der Waals surface area contributed by atoms with Crippen LogP contribution >= 0.6 is 0 Å². The minimum absolute atomic E-state index is 0.180. The molecule has 4 rings (SSSR count). The van der Waals surface area contributed by atoms with Crippen LogP contribution in [0.25, 0.3) is 11.1 Å². The number of morpholine rings is 1. The van der Waals surface area contributed by atoms with Gasteiger partial charge < -0.3 is 15.4 Å². The number of nitrogens with two attached hydrogens (primary N) is 2. The van der Waals surface area contributed by atoms with Crippen molar-refractivity contribution in [1.29, 1.82) is 5.41 Å². The van der Waals surface area contributed by atoms with Crippen molar-refractivity contribution >= 4 is 29.2 Å². The van der Waals surface area contributed by atoms with E-state index < -0.39 is 11.6 Å². The van der Waals surface area contributed by atoms with Gasteiger partial charge in [-0.05, 0) is 18.2 Å². The molecule has 0 aliphatic carbocycles. The van der Waals surface area contributed by atoms with Gasteiger partial charge in [-0.15, -0.1) is 0 Å². The van der Waals surface area contributed by atoms with Crippen LogP contribution in [0.4, 0.5) is 16.0 Å². The standard InChI is InChI=1S/C23H21FN6O3/c24-18-4-2-1-3-16(18)15-12-27-23(28-13-15)29-19-11-14(5-6-17(19)20(25)21(26)31)22(32)30-7-9-33-10-8-30/h1-6,11-13,25H,7-10H2,(H2,26,31)(H,27,28,29)/p+1. The zero-order valence-electron chi connectivity index (χ0n) is 17.6. The molecular formula is C23H22FN6O3+. The fourth-order valence-electron chi connectivity index (χ4n) is 3.51. The van der Waals surface area contributed by atoms with E-state index in [1.165, 1.54) is 24.5 Å². The van der Waals surface area contributed by atoms with Crippen LogP contribution < -0.4 is 11.1 Å². The summed E-state index contributed by atoms with van der Waals surface area (Å²) in [6.07, 6.45) is 2.97. The summed E-state index contributed by atoms with van der Waals surface area (Å²) in [6, 6.07) is 11.0. The first-order valence-corrected chi connectivity index (χ1v) is 10.3. The van der Waals surface area contributed by atoms with Gasteiger partial charge in [0, 0.05) is 48.2 Å². The van der Waals surface area contributed by atoms with Gasteiger partial charge in [-0.25, -0.2) is 9.71 Å². The van der Waals surface area contributed by atoms with E-state index in [0.29, 0.717) is 48.7 Å². The molecule has 0 radical (unpaired) electrons. The number of rotatable bonds is 6. The average molecular weight is 449 g/mol. The Bertz CT molecular complexity index is 1210. The number of primary amides is 1. The fraction of sp³-hybridized carbons (Fsp3) is 0.174. The Morgan fingerprint density at radius 3 is 2.45 bits per heavy atom. The number of benzene rings is 2. The molecular weight excluding hydrogens is 427 g/mol. The lowest BCUT2D eigenvalue weighted by Crippen LogP contribution is -2.73. The lowest BCUT2D eigenvalue weighted by Gasteiger charge is -2.27. The maximum absolute atomic E-state index is 14.0. The monoisotopic (exact) mass is 449 g/mol. The number of hydrogen-bond donors (Lipinski definition) is 3. The van der Waals surface area contributed by atoms with Gasteiger partial charge >= 0.3 is 5.95 Å². The van der Waals surface area contributed by atoms with E-state index in [2.05, 4.69) is 9.97 Å². The molecule has 2 aromatic carbocycles. The zero-order valence-corrected chi connectivity index (χ0v) is 17.6. The van der Waals surface area contributed by atoms with E-state index >= 15 is 0 Å². The van der Waals surface area contributed by atoms with Gasteiger partial charge in [-0.2, -0.15) is 9.97 Å². The summed E-state index contributed by atoms with van der Waals surface area (Å²) in [5, 5.41) is 9.60. The Balaban J connectivity index is 1.64. The van der Waals surface area contributed by atoms with Crippen LogP contribution in [-0.2, 0) is 9.53 Å². The van der Waals surface area contributed by atoms with Gasteiger partial charge in [-0.1, -0.05) is 18.2 Å².